The molecule has 2 rings (SSSR count). The van der Waals surface area contributed by atoms with Gasteiger partial charge < -0.3 is 9.84 Å². The molecule has 3 heteroatoms. The minimum Gasteiger partial charge on any atom is -0.490 e. The number of hydrogen-bond donors (Lipinski definition) is 1. The van der Waals surface area contributed by atoms with Crippen LogP contribution in [0.3, 0.4) is 0 Å². The maximum absolute atomic E-state index is 10.7. The lowest BCUT2D eigenvalue weighted by Crippen LogP contribution is -2.05. The normalized spacial score (nSPS) is 15.0. The van der Waals surface area contributed by atoms with Gasteiger partial charge in [0.05, 0.1) is 12.5 Å². The highest BCUT2D eigenvalue weighted by Gasteiger charge is 2.24. The summed E-state index contributed by atoms with van der Waals surface area (Å²) in [5, 5.41) is 8.78. The van der Waals surface area contributed by atoms with E-state index in [-0.39, 0.29) is 6.42 Å². The SMILES string of the molecule is Cc1ccc(OC2CC2)c(CC(=O)O)c1. The third-order valence-electron chi connectivity index (χ3n) is 2.38. The van der Waals surface area contributed by atoms with E-state index in [4.69, 9.17) is 9.84 Å². The first-order valence-electron chi connectivity index (χ1n) is 5.13. The zero-order valence-corrected chi connectivity index (χ0v) is 8.69. The molecular formula is C12H14O3. The highest BCUT2D eigenvalue weighted by atomic mass is 16.5. The van der Waals surface area contributed by atoms with Crippen molar-refractivity contribution in [2.24, 2.45) is 0 Å². The van der Waals surface area contributed by atoms with Gasteiger partial charge in [-0.1, -0.05) is 17.7 Å². The summed E-state index contributed by atoms with van der Waals surface area (Å²) in [6.07, 6.45) is 2.50. The summed E-state index contributed by atoms with van der Waals surface area (Å²) in [7, 11) is 0. The Labute approximate surface area is 88.7 Å². The molecule has 1 aliphatic carbocycles. The summed E-state index contributed by atoms with van der Waals surface area (Å²) in [6.45, 7) is 1.95. The Morgan fingerprint density at radius 3 is 2.87 bits per heavy atom. The number of carbonyl (C=O) groups is 1. The molecule has 1 aromatic carbocycles. The fraction of sp³-hybridized carbons (Fsp3) is 0.417. The first-order chi connectivity index (χ1) is 7.15. The molecule has 1 saturated carbocycles. The monoisotopic (exact) mass is 206 g/mol. The van der Waals surface area contributed by atoms with E-state index >= 15 is 0 Å². The van der Waals surface area contributed by atoms with E-state index in [1.165, 1.54) is 0 Å². The van der Waals surface area contributed by atoms with E-state index in [0.29, 0.717) is 6.10 Å². The van der Waals surface area contributed by atoms with E-state index in [1.807, 2.05) is 25.1 Å². The predicted molar refractivity (Wildman–Crippen MR) is 56.2 cm³/mol. The minimum absolute atomic E-state index is 0.0315. The van der Waals surface area contributed by atoms with Gasteiger partial charge in [0.25, 0.3) is 0 Å². The number of benzene rings is 1. The van der Waals surface area contributed by atoms with Gasteiger partial charge >= 0.3 is 5.97 Å². The molecular weight excluding hydrogens is 192 g/mol. The van der Waals surface area contributed by atoms with Crippen LogP contribution in [0.4, 0.5) is 0 Å². The van der Waals surface area contributed by atoms with Crippen LogP contribution < -0.4 is 4.74 Å². The van der Waals surface area contributed by atoms with E-state index < -0.39 is 5.97 Å². The molecule has 0 spiro atoms. The van der Waals surface area contributed by atoms with Gasteiger partial charge in [-0.2, -0.15) is 0 Å². The van der Waals surface area contributed by atoms with Crippen LogP contribution in [0.2, 0.25) is 0 Å². The quantitative estimate of drug-likeness (QED) is 0.821. The van der Waals surface area contributed by atoms with Gasteiger partial charge in [-0.25, -0.2) is 0 Å². The number of aliphatic carboxylic acids is 1. The fourth-order valence-electron chi connectivity index (χ4n) is 1.49. The van der Waals surface area contributed by atoms with Crippen molar-refractivity contribution >= 4 is 5.97 Å². The molecule has 3 nitrogen and oxygen atoms in total. The molecule has 1 N–H and O–H groups in total. The summed E-state index contributed by atoms with van der Waals surface area (Å²) in [6, 6.07) is 5.70. The van der Waals surface area contributed by atoms with Crippen molar-refractivity contribution in [1.29, 1.82) is 0 Å². The molecule has 0 amide bonds. The highest BCUT2D eigenvalue weighted by Crippen LogP contribution is 2.29. The lowest BCUT2D eigenvalue weighted by molar-refractivity contribution is -0.136. The zero-order chi connectivity index (χ0) is 10.8. The number of carboxylic acids is 1. The Kier molecular flexibility index (Phi) is 2.62. The molecule has 0 bridgehead atoms. The van der Waals surface area contributed by atoms with Crippen LogP contribution in [-0.2, 0) is 11.2 Å². The van der Waals surface area contributed by atoms with Gasteiger partial charge in [0.15, 0.2) is 0 Å². The number of aryl methyl sites for hydroxylation is 1. The number of carboxylic acid groups (broad SMARTS) is 1. The Morgan fingerprint density at radius 2 is 2.27 bits per heavy atom. The van der Waals surface area contributed by atoms with Crippen LogP contribution in [-0.4, -0.2) is 17.2 Å². The van der Waals surface area contributed by atoms with Crippen molar-refractivity contribution in [2.75, 3.05) is 0 Å². The molecule has 0 saturated heterocycles. The van der Waals surface area contributed by atoms with Crippen LogP contribution in [0, 0.1) is 6.92 Å². The van der Waals surface area contributed by atoms with Crippen molar-refractivity contribution < 1.29 is 14.6 Å². The molecule has 1 fully saturated rings. The molecule has 80 valence electrons. The van der Waals surface area contributed by atoms with Gasteiger partial charge in [0.1, 0.15) is 5.75 Å². The standard InChI is InChI=1S/C12H14O3/c1-8-2-5-11(15-10-3-4-10)9(6-8)7-12(13)14/h2,5-6,10H,3-4,7H2,1H3,(H,13,14). The van der Waals surface area contributed by atoms with Crippen molar-refractivity contribution in [3.63, 3.8) is 0 Å². The summed E-state index contributed by atoms with van der Waals surface area (Å²) in [5.41, 5.74) is 1.84. The van der Waals surface area contributed by atoms with Crippen molar-refractivity contribution in [3.8, 4) is 5.75 Å². The molecule has 0 radical (unpaired) electrons. The molecule has 0 aliphatic heterocycles. The number of rotatable bonds is 4. The molecule has 0 heterocycles. The van der Waals surface area contributed by atoms with Crippen LogP contribution in [0.25, 0.3) is 0 Å². The average Bonchev–Trinajstić information content (AvgIpc) is 2.92. The van der Waals surface area contributed by atoms with Crippen molar-refractivity contribution in [1.82, 2.24) is 0 Å². The van der Waals surface area contributed by atoms with E-state index in [9.17, 15) is 4.79 Å². The molecule has 1 aliphatic rings. The molecule has 0 aromatic heterocycles. The third kappa shape index (κ3) is 2.72. The minimum atomic E-state index is -0.818. The Balaban J connectivity index is 2.21. The summed E-state index contributed by atoms with van der Waals surface area (Å²) < 4.78 is 5.65. The molecule has 0 atom stereocenters. The van der Waals surface area contributed by atoms with Gasteiger partial charge in [-0.05, 0) is 25.8 Å². The van der Waals surface area contributed by atoms with Crippen LogP contribution >= 0.6 is 0 Å². The maximum Gasteiger partial charge on any atom is 0.307 e. The van der Waals surface area contributed by atoms with E-state index in [1.54, 1.807) is 0 Å². The predicted octanol–water partition coefficient (Wildman–Crippen LogP) is 2.16. The average molecular weight is 206 g/mol. The third-order valence-corrected chi connectivity index (χ3v) is 2.38. The molecule has 0 unspecified atom stereocenters. The smallest absolute Gasteiger partial charge is 0.307 e. The van der Waals surface area contributed by atoms with Gasteiger partial charge in [0.2, 0.25) is 0 Å². The first-order valence-corrected chi connectivity index (χ1v) is 5.13. The summed E-state index contributed by atoms with van der Waals surface area (Å²) in [4.78, 5) is 10.7. The summed E-state index contributed by atoms with van der Waals surface area (Å²) in [5.74, 6) is -0.0910. The van der Waals surface area contributed by atoms with Crippen LogP contribution in [0.5, 0.6) is 5.75 Å². The van der Waals surface area contributed by atoms with Gasteiger partial charge in [-0.15, -0.1) is 0 Å². The second-order valence-electron chi connectivity index (χ2n) is 4.00. The van der Waals surface area contributed by atoms with Crippen molar-refractivity contribution in [3.05, 3.63) is 29.3 Å². The molecule has 15 heavy (non-hydrogen) atoms. The largest absolute Gasteiger partial charge is 0.490 e. The number of hydrogen-bond acceptors (Lipinski definition) is 2. The zero-order valence-electron chi connectivity index (χ0n) is 8.69. The molecule has 1 aromatic rings. The van der Waals surface area contributed by atoms with Gasteiger partial charge in [-0.3, -0.25) is 4.79 Å². The van der Waals surface area contributed by atoms with Crippen molar-refractivity contribution in [2.45, 2.75) is 32.3 Å². The van der Waals surface area contributed by atoms with Crippen LogP contribution in [0.1, 0.15) is 24.0 Å². The lowest BCUT2D eigenvalue weighted by Gasteiger charge is -2.10. The maximum atomic E-state index is 10.7. The fourth-order valence-corrected chi connectivity index (χ4v) is 1.49. The van der Waals surface area contributed by atoms with Crippen LogP contribution in [0.15, 0.2) is 18.2 Å². The Bertz CT molecular complexity index is 380. The first kappa shape index (κ1) is 10.0. The Hall–Kier alpha value is -1.51. The van der Waals surface area contributed by atoms with E-state index in [2.05, 4.69) is 0 Å². The second kappa shape index (κ2) is 3.93. The van der Waals surface area contributed by atoms with Gasteiger partial charge in [0, 0.05) is 5.56 Å². The number of ether oxygens (including phenoxy) is 1. The lowest BCUT2D eigenvalue weighted by atomic mass is 10.1. The Morgan fingerprint density at radius 1 is 1.53 bits per heavy atom. The topological polar surface area (TPSA) is 46.5 Å². The highest BCUT2D eigenvalue weighted by molar-refractivity contribution is 5.71. The second-order valence-corrected chi connectivity index (χ2v) is 4.00. The van der Waals surface area contributed by atoms with E-state index in [0.717, 1.165) is 29.7 Å². The summed E-state index contributed by atoms with van der Waals surface area (Å²) >= 11 is 0.